The van der Waals surface area contributed by atoms with E-state index in [1.165, 1.54) is 0 Å². The van der Waals surface area contributed by atoms with E-state index in [-0.39, 0.29) is 4.90 Å². The molecule has 0 aliphatic carbocycles. The second-order valence-corrected chi connectivity index (χ2v) is 6.31. The van der Waals surface area contributed by atoms with E-state index in [4.69, 9.17) is 0 Å². The molecule has 19 heavy (non-hydrogen) atoms. The number of likely N-dealkylation sites (N-methyl/N-ethyl adjacent to an activating group) is 1. The van der Waals surface area contributed by atoms with Crippen LogP contribution in [0.2, 0.25) is 0 Å². The summed E-state index contributed by atoms with van der Waals surface area (Å²) in [7, 11) is 0.279. The van der Waals surface area contributed by atoms with Gasteiger partial charge in [0.25, 0.3) is 0 Å². The van der Waals surface area contributed by atoms with Gasteiger partial charge in [-0.1, -0.05) is 6.92 Å². The molecule has 3 N–H and O–H groups in total. The van der Waals surface area contributed by atoms with Crippen molar-refractivity contribution in [1.29, 1.82) is 0 Å². The van der Waals surface area contributed by atoms with Gasteiger partial charge in [-0.3, -0.25) is 5.10 Å². The topological polar surface area (TPSA) is 90.1 Å². The van der Waals surface area contributed by atoms with Crippen LogP contribution >= 0.6 is 0 Å². The van der Waals surface area contributed by atoms with Crippen LogP contribution in [0.5, 0.6) is 0 Å². The number of aromatic nitrogens is 2. The van der Waals surface area contributed by atoms with E-state index in [2.05, 4.69) is 20.2 Å². The Hall–Kier alpha value is -0.960. The Morgan fingerprint density at radius 1 is 1.37 bits per heavy atom. The summed E-state index contributed by atoms with van der Waals surface area (Å²) in [6, 6.07) is 0. The third-order valence-corrected chi connectivity index (χ3v) is 4.29. The fourth-order valence-corrected chi connectivity index (χ4v) is 3.05. The average Bonchev–Trinajstić information content (AvgIpc) is 2.67. The van der Waals surface area contributed by atoms with Crippen molar-refractivity contribution < 1.29 is 8.42 Å². The van der Waals surface area contributed by atoms with Crippen LogP contribution in [-0.4, -0.2) is 57.2 Å². The molecule has 1 heterocycles. The van der Waals surface area contributed by atoms with Crippen molar-refractivity contribution in [3.63, 3.8) is 0 Å². The van der Waals surface area contributed by atoms with Gasteiger partial charge < -0.3 is 10.2 Å². The van der Waals surface area contributed by atoms with E-state index in [0.717, 1.165) is 6.54 Å². The Morgan fingerprint density at radius 3 is 2.63 bits per heavy atom. The minimum atomic E-state index is -3.51. The highest BCUT2D eigenvalue weighted by Gasteiger charge is 2.23. The summed E-state index contributed by atoms with van der Waals surface area (Å²) in [5.74, 6) is 0. The molecule has 0 aromatic carbocycles. The van der Waals surface area contributed by atoms with Crippen molar-refractivity contribution in [3.8, 4) is 0 Å². The molecule has 0 saturated carbocycles. The van der Waals surface area contributed by atoms with Crippen molar-refractivity contribution in [2.45, 2.75) is 25.3 Å². The maximum Gasteiger partial charge on any atom is 0.244 e. The van der Waals surface area contributed by atoms with Gasteiger partial charge in [0.15, 0.2) is 0 Å². The summed E-state index contributed by atoms with van der Waals surface area (Å²) in [6.45, 7) is 5.90. The average molecular weight is 289 g/mol. The summed E-state index contributed by atoms with van der Waals surface area (Å²) in [4.78, 5) is 2.18. The lowest BCUT2D eigenvalue weighted by Crippen LogP contribution is -2.32. The number of H-pyrrole nitrogens is 1. The molecule has 0 aliphatic heterocycles. The molecule has 7 nitrogen and oxygen atoms in total. The molecule has 8 heteroatoms. The maximum absolute atomic E-state index is 12.3. The van der Waals surface area contributed by atoms with Gasteiger partial charge in [-0.05, 0) is 27.6 Å². The molecular weight excluding hydrogens is 266 g/mol. The molecule has 0 amide bonds. The van der Waals surface area contributed by atoms with Crippen LogP contribution in [0, 0.1) is 6.92 Å². The molecular formula is C11H23N5O2S. The molecule has 0 radical (unpaired) electrons. The Morgan fingerprint density at radius 2 is 2.05 bits per heavy atom. The van der Waals surface area contributed by atoms with Gasteiger partial charge in [-0.2, -0.15) is 5.10 Å². The Bertz CT molecular complexity index is 495. The minimum absolute atomic E-state index is 0.257. The normalized spacial score (nSPS) is 12.3. The number of nitrogens with zero attached hydrogens (tertiary/aromatic N) is 2. The van der Waals surface area contributed by atoms with Gasteiger partial charge in [0, 0.05) is 19.6 Å². The molecule has 0 unspecified atom stereocenters. The van der Waals surface area contributed by atoms with Crippen molar-refractivity contribution >= 4 is 10.0 Å². The molecule has 1 rings (SSSR count). The molecule has 0 aliphatic rings. The molecule has 0 saturated heterocycles. The molecule has 1 aromatic rings. The number of nitrogens with one attached hydrogen (secondary N) is 3. The predicted molar refractivity (Wildman–Crippen MR) is 74.4 cm³/mol. The SMILES string of the molecule is CCNCc1n[nH]c(C)c1S(=O)(=O)NCCN(C)C. The van der Waals surface area contributed by atoms with Crippen LogP contribution in [0.15, 0.2) is 4.90 Å². The van der Waals surface area contributed by atoms with Gasteiger partial charge in [-0.15, -0.1) is 0 Å². The molecule has 110 valence electrons. The monoisotopic (exact) mass is 289 g/mol. The highest BCUT2D eigenvalue weighted by molar-refractivity contribution is 7.89. The first-order valence-corrected chi connectivity index (χ1v) is 7.75. The quantitative estimate of drug-likeness (QED) is 0.609. The van der Waals surface area contributed by atoms with Gasteiger partial charge in [0.2, 0.25) is 10.0 Å². The lowest BCUT2D eigenvalue weighted by atomic mass is 10.3. The second kappa shape index (κ2) is 6.99. The second-order valence-electron chi connectivity index (χ2n) is 4.61. The van der Waals surface area contributed by atoms with Gasteiger partial charge in [-0.25, -0.2) is 13.1 Å². The van der Waals surface area contributed by atoms with Crippen LogP contribution in [0.1, 0.15) is 18.3 Å². The molecule has 0 atom stereocenters. The first-order valence-electron chi connectivity index (χ1n) is 6.27. The zero-order chi connectivity index (χ0) is 14.5. The van der Waals surface area contributed by atoms with Crippen molar-refractivity contribution in [2.75, 3.05) is 33.7 Å². The summed E-state index contributed by atoms with van der Waals surface area (Å²) >= 11 is 0. The summed E-state index contributed by atoms with van der Waals surface area (Å²) in [5, 5.41) is 9.86. The van der Waals surface area contributed by atoms with Crippen molar-refractivity contribution in [3.05, 3.63) is 11.4 Å². The smallest absolute Gasteiger partial charge is 0.244 e. The standard InChI is InChI=1S/C11H23N5O2S/c1-5-12-8-10-11(9(2)14-15-10)19(17,18)13-6-7-16(3)4/h12-13H,5-8H2,1-4H3,(H,14,15). The first-order chi connectivity index (χ1) is 8.88. The summed E-state index contributed by atoms with van der Waals surface area (Å²) < 4.78 is 27.1. The van der Waals surface area contributed by atoms with Crippen LogP contribution in [0.3, 0.4) is 0 Å². The highest BCUT2D eigenvalue weighted by Crippen LogP contribution is 2.17. The Kier molecular flexibility index (Phi) is 5.92. The lowest BCUT2D eigenvalue weighted by molar-refractivity contribution is 0.412. The zero-order valence-electron chi connectivity index (χ0n) is 11.9. The molecule has 0 bridgehead atoms. The van der Waals surface area contributed by atoms with Crippen molar-refractivity contribution in [1.82, 2.24) is 25.1 Å². The minimum Gasteiger partial charge on any atom is -0.311 e. The van der Waals surface area contributed by atoms with E-state index in [9.17, 15) is 8.42 Å². The van der Waals surface area contributed by atoms with Gasteiger partial charge >= 0.3 is 0 Å². The van der Waals surface area contributed by atoms with E-state index < -0.39 is 10.0 Å². The fraction of sp³-hybridized carbons (Fsp3) is 0.727. The summed E-state index contributed by atoms with van der Waals surface area (Å²) in [5.41, 5.74) is 1.09. The van der Waals surface area contributed by atoms with E-state index in [0.29, 0.717) is 31.0 Å². The van der Waals surface area contributed by atoms with Gasteiger partial charge in [0.1, 0.15) is 4.90 Å². The maximum atomic E-state index is 12.3. The van der Waals surface area contributed by atoms with Crippen LogP contribution in [0.4, 0.5) is 0 Å². The molecule has 0 spiro atoms. The van der Waals surface area contributed by atoms with E-state index in [1.807, 2.05) is 25.9 Å². The largest absolute Gasteiger partial charge is 0.311 e. The molecule has 1 aromatic heterocycles. The predicted octanol–water partition coefficient (Wildman–Crippen LogP) is -0.332. The molecule has 0 fully saturated rings. The summed E-state index contributed by atoms with van der Waals surface area (Å²) in [6.07, 6.45) is 0. The number of hydrogen-bond acceptors (Lipinski definition) is 5. The van der Waals surface area contributed by atoms with E-state index >= 15 is 0 Å². The fourth-order valence-electron chi connectivity index (χ4n) is 1.66. The number of hydrogen-bond donors (Lipinski definition) is 3. The first kappa shape index (κ1) is 16.1. The number of aryl methyl sites for hydroxylation is 1. The third-order valence-electron chi connectivity index (χ3n) is 2.62. The van der Waals surface area contributed by atoms with Gasteiger partial charge in [0.05, 0.1) is 11.4 Å². The zero-order valence-corrected chi connectivity index (χ0v) is 12.8. The number of rotatable bonds is 8. The van der Waals surface area contributed by atoms with Crippen LogP contribution in [-0.2, 0) is 16.6 Å². The Labute approximate surface area is 114 Å². The highest BCUT2D eigenvalue weighted by atomic mass is 32.2. The Balaban J connectivity index is 2.84. The number of aromatic amines is 1. The van der Waals surface area contributed by atoms with E-state index in [1.54, 1.807) is 6.92 Å². The third kappa shape index (κ3) is 4.57. The number of sulfonamides is 1. The van der Waals surface area contributed by atoms with Crippen LogP contribution < -0.4 is 10.0 Å². The lowest BCUT2D eigenvalue weighted by Gasteiger charge is -2.11. The van der Waals surface area contributed by atoms with Crippen LogP contribution in [0.25, 0.3) is 0 Å². The van der Waals surface area contributed by atoms with Crippen molar-refractivity contribution in [2.24, 2.45) is 0 Å².